The molecule has 0 radical (unpaired) electrons. The van der Waals surface area contributed by atoms with Crippen molar-refractivity contribution in [3.8, 4) is 5.75 Å². The Hall–Kier alpha value is -2.33. The van der Waals surface area contributed by atoms with Gasteiger partial charge in [0.2, 0.25) is 0 Å². The van der Waals surface area contributed by atoms with E-state index in [1.54, 1.807) is 0 Å². The predicted molar refractivity (Wildman–Crippen MR) is 93.4 cm³/mol. The van der Waals surface area contributed by atoms with Crippen LogP contribution in [0.25, 0.3) is 0 Å². The molecule has 4 nitrogen and oxygen atoms in total. The van der Waals surface area contributed by atoms with E-state index < -0.39 is 5.97 Å². The van der Waals surface area contributed by atoms with E-state index >= 15 is 0 Å². The van der Waals surface area contributed by atoms with E-state index in [4.69, 9.17) is 9.84 Å². The molecular formula is C20H23NO3. The molecule has 2 aromatic rings. The number of likely N-dealkylation sites (tertiary alicyclic amines) is 1. The van der Waals surface area contributed by atoms with Crippen LogP contribution in [0.15, 0.2) is 54.6 Å². The monoisotopic (exact) mass is 325 g/mol. The van der Waals surface area contributed by atoms with Gasteiger partial charge in [0.1, 0.15) is 18.4 Å². The van der Waals surface area contributed by atoms with Gasteiger partial charge in [-0.2, -0.15) is 0 Å². The van der Waals surface area contributed by atoms with Crippen molar-refractivity contribution in [3.05, 3.63) is 65.7 Å². The number of rotatable bonds is 7. The molecule has 1 N–H and O–H groups in total. The summed E-state index contributed by atoms with van der Waals surface area (Å²) in [4.78, 5) is 13.1. The molecule has 0 saturated carbocycles. The summed E-state index contributed by atoms with van der Waals surface area (Å²) < 4.78 is 5.77. The average molecular weight is 325 g/mol. The third kappa shape index (κ3) is 4.36. The van der Waals surface area contributed by atoms with Crippen molar-refractivity contribution in [3.63, 3.8) is 0 Å². The molecule has 24 heavy (non-hydrogen) atoms. The first-order chi connectivity index (χ1) is 11.7. The Bertz CT molecular complexity index is 654. The molecule has 0 aliphatic carbocycles. The van der Waals surface area contributed by atoms with Crippen molar-refractivity contribution in [1.29, 1.82) is 0 Å². The highest BCUT2D eigenvalue weighted by atomic mass is 16.5. The van der Waals surface area contributed by atoms with Crippen molar-refractivity contribution in [1.82, 2.24) is 4.90 Å². The van der Waals surface area contributed by atoms with Crippen LogP contribution in [0.3, 0.4) is 0 Å². The number of carbonyl (C=O) groups is 1. The van der Waals surface area contributed by atoms with Gasteiger partial charge >= 0.3 is 5.97 Å². The summed E-state index contributed by atoms with van der Waals surface area (Å²) >= 11 is 0. The normalized spacial score (nSPS) is 17.8. The summed E-state index contributed by atoms with van der Waals surface area (Å²) in [5.74, 6) is 0.107. The van der Waals surface area contributed by atoms with E-state index in [1.807, 2.05) is 23.1 Å². The predicted octanol–water partition coefficient (Wildman–Crippen LogP) is 3.21. The van der Waals surface area contributed by atoms with Gasteiger partial charge in [0.05, 0.1) is 0 Å². The smallest absolute Gasteiger partial charge is 0.320 e. The lowest BCUT2D eigenvalue weighted by Crippen LogP contribution is -2.38. The molecule has 0 aromatic heterocycles. The van der Waals surface area contributed by atoms with Gasteiger partial charge in [0.15, 0.2) is 0 Å². The molecular weight excluding hydrogens is 302 g/mol. The Morgan fingerprint density at radius 1 is 1.08 bits per heavy atom. The van der Waals surface area contributed by atoms with Crippen LogP contribution < -0.4 is 4.74 Å². The van der Waals surface area contributed by atoms with Crippen LogP contribution in [-0.4, -0.2) is 41.7 Å². The number of ether oxygens (including phenoxy) is 1. The van der Waals surface area contributed by atoms with E-state index in [0.717, 1.165) is 31.6 Å². The number of hydrogen-bond donors (Lipinski definition) is 1. The summed E-state index contributed by atoms with van der Waals surface area (Å²) in [6.45, 7) is 2.01. The van der Waals surface area contributed by atoms with Gasteiger partial charge in [-0.3, -0.25) is 9.69 Å². The standard InChI is InChI=1S/C20H23NO3/c22-20(23)19-7-4-12-21(19)13-14-24-18-10-8-17(9-11-18)15-16-5-2-1-3-6-16/h1-3,5-6,8-11,19H,4,7,12-15H2,(H,22,23)/t19-/m0/s1. The third-order valence-electron chi connectivity index (χ3n) is 4.47. The average Bonchev–Trinajstić information content (AvgIpc) is 3.06. The van der Waals surface area contributed by atoms with Crippen LogP contribution >= 0.6 is 0 Å². The van der Waals surface area contributed by atoms with Crippen molar-refractivity contribution in [2.45, 2.75) is 25.3 Å². The van der Waals surface area contributed by atoms with Gasteiger partial charge in [-0.05, 0) is 49.1 Å². The number of nitrogens with zero attached hydrogens (tertiary/aromatic N) is 1. The van der Waals surface area contributed by atoms with E-state index in [-0.39, 0.29) is 6.04 Å². The summed E-state index contributed by atoms with van der Waals surface area (Å²) in [6.07, 6.45) is 2.60. The number of aliphatic carboxylic acids is 1. The fraction of sp³-hybridized carbons (Fsp3) is 0.350. The van der Waals surface area contributed by atoms with Gasteiger partial charge in [-0.1, -0.05) is 42.5 Å². The van der Waals surface area contributed by atoms with E-state index in [0.29, 0.717) is 13.2 Å². The first-order valence-electron chi connectivity index (χ1n) is 8.45. The van der Waals surface area contributed by atoms with E-state index in [2.05, 4.69) is 36.4 Å². The molecule has 1 saturated heterocycles. The van der Waals surface area contributed by atoms with Gasteiger partial charge in [-0.25, -0.2) is 0 Å². The molecule has 3 rings (SSSR count). The molecule has 4 heteroatoms. The lowest BCUT2D eigenvalue weighted by atomic mass is 10.1. The van der Waals surface area contributed by atoms with Crippen LogP contribution in [0.5, 0.6) is 5.75 Å². The van der Waals surface area contributed by atoms with E-state index in [9.17, 15) is 4.79 Å². The molecule has 1 aliphatic heterocycles. The number of carboxylic acids is 1. The third-order valence-corrected chi connectivity index (χ3v) is 4.47. The van der Waals surface area contributed by atoms with Crippen LogP contribution in [-0.2, 0) is 11.2 Å². The molecule has 1 heterocycles. The molecule has 0 spiro atoms. The summed E-state index contributed by atoms with van der Waals surface area (Å²) in [6, 6.07) is 18.2. The highest BCUT2D eigenvalue weighted by molar-refractivity contribution is 5.73. The molecule has 1 atom stereocenters. The zero-order valence-corrected chi connectivity index (χ0v) is 13.7. The second kappa shape index (κ2) is 7.97. The summed E-state index contributed by atoms with van der Waals surface area (Å²) in [5.41, 5.74) is 2.54. The van der Waals surface area contributed by atoms with Crippen molar-refractivity contribution in [2.24, 2.45) is 0 Å². The Labute approximate surface area is 142 Å². The number of carboxylic acid groups (broad SMARTS) is 1. The van der Waals surface area contributed by atoms with E-state index in [1.165, 1.54) is 11.1 Å². The molecule has 1 fully saturated rings. The minimum atomic E-state index is -0.724. The SMILES string of the molecule is O=C(O)[C@@H]1CCCN1CCOc1ccc(Cc2ccccc2)cc1. The Morgan fingerprint density at radius 3 is 2.50 bits per heavy atom. The first kappa shape index (κ1) is 16.5. The van der Waals surface area contributed by atoms with Crippen LogP contribution in [0.1, 0.15) is 24.0 Å². The summed E-state index contributed by atoms with van der Waals surface area (Å²) in [7, 11) is 0. The van der Waals surface area contributed by atoms with Gasteiger partial charge in [0.25, 0.3) is 0 Å². The van der Waals surface area contributed by atoms with Crippen molar-refractivity contribution >= 4 is 5.97 Å². The second-order valence-electron chi connectivity index (χ2n) is 6.19. The van der Waals surface area contributed by atoms with Crippen LogP contribution in [0.2, 0.25) is 0 Å². The Kier molecular flexibility index (Phi) is 5.49. The lowest BCUT2D eigenvalue weighted by molar-refractivity contribution is -0.142. The quantitative estimate of drug-likeness (QED) is 0.849. The zero-order chi connectivity index (χ0) is 16.8. The Balaban J connectivity index is 1.47. The van der Waals surface area contributed by atoms with Gasteiger partial charge in [0, 0.05) is 6.54 Å². The maximum absolute atomic E-state index is 11.2. The minimum absolute atomic E-state index is 0.346. The molecule has 0 bridgehead atoms. The number of hydrogen-bond acceptors (Lipinski definition) is 3. The molecule has 1 aliphatic rings. The van der Waals surface area contributed by atoms with Crippen LogP contribution in [0, 0.1) is 0 Å². The first-order valence-corrected chi connectivity index (χ1v) is 8.45. The van der Waals surface area contributed by atoms with Crippen molar-refractivity contribution < 1.29 is 14.6 Å². The lowest BCUT2D eigenvalue weighted by Gasteiger charge is -2.20. The fourth-order valence-corrected chi connectivity index (χ4v) is 3.19. The number of benzene rings is 2. The topological polar surface area (TPSA) is 49.8 Å². The second-order valence-corrected chi connectivity index (χ2v) is 6.19. The summed E-state index contributed by atoms with van der Waals surface area (Å²) in [5, 5.41) is 9.17. The molecule has 2 aromatic carbocycles. The zero-order valence-electron chi connectivity index (χ0n) is 13.7. The van der Waals surface area contributed by atoms with Gasteiger partial charge in [-0.15, -0.1) is 0 Å². The Morgan fingerprint density at radius 2 is 1.79 bits per heavy atom. The molecule has 0 unspecified atom stereocenters. The highest BCUT2D eigenvalue weighted by Crippen LogP contribution is 2.18. The maximum Gasteiger partial charge on any atom is 0.320 e. The highest BCUT2D eigenvalue weighted by Gasteiger charge is 2.29. The fourth-order valence-electron chi connectivity index (χ4n) is 3.19. The minimum Gasteiger partial charge on any atom is -0.492 e. The maximum atomic E-state index is 11.2. The molecule has 126 valence electrons. The van der Waals surface area contributed by atoms with Crippen molar-refractivity contribution in [2.75, 3.05) is 19.7 Å². The molecule has 0 amide bonds. The largest absolute Gasteiger partial charge is 0.492 e. The van der Waals surface area contributed by atoms with Gasteiger partial charge < -0.3 is 9.84 Å². The van der Waals surface area contributed by atoms with Crippen LogP contribution in [0.4, 0.5) is 0 Å².